The van der Waals surface area contributed by atoms with Crippen LogP contribution in [0.3, 0.4) is 0 Å². The summed E-state index contributed by atoms with van der Waals surface area (Å²) in [7, 11) is 3.85. The molecule has 2 aliphatic rings. The van der Waals surface area contributed by atoms with Crippen molar-refractivity contribution in [1.82, 2.24) is 19.7 Å². The van der Waals surface area contributed by atoms with E-state index in [1.54, 1.807) is 23.9 Å². The number of nitrogens with one attached hydrogen (secondary N) is 1. The van der Waals surface area contributed by atoms with Gasteiger partial charge in [0.15, 0.2) is 5.82 Å². The zero-order valence-electron chi connectivity index (χ0n) is 18.3. The number of rotatable bonds is 5. The topological polar surface area (TPSA) is 81.9 Å². The van der Waals surface area contributed by atoms with Crippen LogP contribution >= 0.6 is 0 Å². The standard InChI is InChI=1S/C23H27N7O2/c1-27-9-11-28(12-10-27)20-8-3-17(15-21(20)32-2)24-23-25-22-16-29(13-14-30(22)26-23)18-4-6-19(31)7-5-18/h3-8,13-15,31H,9-12,16H2,1-2H3,(H,24,26). The Morgan fingerprint density at radius 1 is 1.00 bits per heavy atom. The van der Waals surface area contributed by atoms with E-state index in [9.17, 15) is 5.11 Å². The highest BCUT2D eigenvalue weighted by Gasteiger charge is 2.19. The summed E-state index contributed by atoms with van der Waals surface area (Å²) < 4.78 is 7.45. The van der Waals surface area contributed by atoms with Crippen molar-refractivity contribution in [2.75, 3.05) is 55.5 Å². The summed E-state index contributed by atoms with van der Waals surface area (Å²) in [6, 6.07) is 13.2. The summed E-state index contributed by atoms with van der Waals surface area (Å²) in [5.74, 6) is 2.44. The van der Waals surface area contributed by atoms with Crippen molar-refractivity contribution in [3.63, 3.8) is 0 Å². The van der Waals surface area contributed by atoms with Gasteiger partial charge in [-0.2, -0.15) is 4.98 Å². The molecule has 3 aromatic rings. The van der Waals surface area contributed by atoms with Gasteiger partial charge < -0.3 is 29.9 Å². The average Bonchev–Trinajstić information content (AvgIpc) is 3.21. The smallest absolute Gasteiger partial charge is 0.247 e. The van der Waals surface area contributed by atoms with E-state index in [4.69, 9.17) is 4.74 Å². The van der Waals surface area contributed by atoms with Gasteiger partial charge in [-0.15, -0.1) is 5.10 Å². The molecule has 1 aromatic heterocycles. The second-order valence-electron chi connectivity index (χ2n) is 8.04. The van der Waals surface area contributed by atoms with E-state index in [1.165, 1.54) is 0 Å². The van der Waals surface area contributed by atoms with Crippen molar-refractivity contribution in [3.8, 4) is 11.5 Å². The molecule has 0 unspecified atom stereocenters. The highest BCUT2D eigenvalue weighted by molar-refractivity contribution is 5.67. The number of phenolic OH excluding ortho intramolecular Hbond substituents is 1. The molecule has 0 radical (unpaired) electrons. The molecule has 0 saturated carbocycles. The van der Waals surface area contributed by atoms with Gasteiger partial charge in [-0.3, -0.25) is 0 Å². The molecule has 9 nitrogen and oxygen atoms in total. The Kier molecular flexibility index (Phi) is 5.32. The van der Waals surface area contributed by atoms with Crippen LogP contribution in [0.5, 0.6) is 11.5 Å². The molecule has 0 bridgehead atoms. The van der Waals surface area contributed by atoms with Gasteiger partial charge in [0.1, 0.15) is 11.5 Å². The van der Waals surface area contributed by atoms with E-state index in [0.29, 0.717) is 12.5 Å². The number of phenols is 1. The number of likely N-dealkylation sites (N-methyl/N-ethyl adjacent to an activating group) is 1. The molecule has 3 heterocycles. The van der Waals surface area contributed by atoms with E-state index in [2.05, 4.69) is 43.2 Å². The lowest BCUT2D eigenvalue weighted by Crippen LogP contribution is -2.44. The van der Waals surface area contributed by atoms with Crippen LogP contribution in [0.1, 0.15) is 5.82 Å². The van der Waals surface area contributed by atoms with Crippen molar-refractivity contribution >= 4 is 29.2 Å². The number of ether oxygens (including phenoxy) is 1. The Morgan fingerprint density at radius 2 is 1.78 bits per heavy atom. The zero-order valence-corrected chi connectivity index (χ0v) is 18.3. The van der Waals surface area contributed by atoms with Crippen molar-refractivity contribution in [2.24, 2.45) is 0 Å². The zero-order chi connectivity index (χ0) is 22.1. The highest BCUT2D eigenvalue weighted by Crippen LogP contribution is 2.33. The number of nitrogens with zero attached hydrogens (tertiary/aromatic N) is 6. The average molecular weight is 434 g/mol. The molecule has 166 valence electrons. The van der Waals surface area contributed by atoms with Crippen LogP contribution in [0, 0.1) is 0 Å². The highest BCUT2D eigenvalue weighted by atomic mass is 16.5. The van der Waals surface area contributed by atoms with Gasteiger partial charge in [0.25, 0.3) is 0 Å². The number of hydrogen-bond acceptors (Lipinski definition) is 8. The molecule has 32 heavy (non-hydrogen) atoms. The first kappa shape index (κ1) is 20.2. The van der Waals surface area contributed by atoms with Gasteiger partial charge in [-0.25, -0.2) is 4.68 Å². The number of benzene rings is 2. The lowest BCUT2D eigenvalue weighted by atomic mass is 10.2. The second-order valence-corrected chi connectivity index (χ2v) is 8.04. The fourth-order valence-corrected chi connectivity index (χ4v) is 4.00. The minimum atomic E-state index is 0.249. The SMILES string of the molecule is COc1cc(Nc2nc3n(n2)C=CN(c2ccc(O)cc2)C3)ccc1N1CCN(C)CC1. The summed E-state index contributed by atoms with van der Waals surface area (Å²) >= 11 is 0. The molecule has 0 spiro atoms. The van der Waals surface area contributed by atoms with Crippen LogP contribution in [0.15, 0.2) is 48.7 Å². The second kappa shape index (κ2) is 8.43. The van der Waals surface area contributed by atoms with E-state index in [1.807, 2.05) is 36.7 Å². The minimum absolute atomic E-state index is 0.249. The molecular weight excluding hydrogens is 406 g/mol. The molecule has 0 amide bonds. The predicted octanol–water partition coefficient (Wildman–Crippen LogP) is 2.94. The van der Waals surface area contributed by atoms with Crippen molar-refractivity contribution in [3.05, 3.63) is 54.5 Å². The number of fused-ring (bicyclic) bond motifs is 1. The van der Waals surface area contributed by atoms with Crippen LogP contribution in [-0.4, -0.2) is 65.1 Å². The molecule has 1 fully saturated rings. The van der Waals surface area contributed by atoms with Crippen LogP contribution in [-0.2, 0) is 6.54 Å². The van der Waals surface area contributed by atoms with Gasteiger partial charge in [0.2, 0.25) is 5.95 Å². The molecule has 2 N–H and O–H groups in total. The number of aromatic hydroxyl groups is 1. The fraction of sp³-hybridized carbons (Fsp3) is 0.304. The molecular formula is C23H27N7O2. The summed E-state index contributed by atoms with van der Waals surface area (Å²) in [5, 5.41) is 17.4. The van der Waals surface area contributed by atoms with Gasteiger partial charge >= 0.3 is 0 Å². The Bertz CT molecular complexity index is 1120. The first-order valence-electron chi connectivity index (χ1n) is 10.7. The number of anilines is 4. The van der Waals surface area contributed by atoms with E-state index < -0.39 is 0 Å². The minimum Gasteiger partial charge on any atom is -0.508 e. The molecule has 0 aliphatic carbocycles. The lowest BCUT2D eigenvalue weighted by molar-refractivity contribution is 0.311. The molecule has 1 saturated heterocycles. The lowest BCUT2D eigenvalue weighted by Gasteiger charge is -2.34. The van der Waals surface area contributed by atoms with Gasteiger partial charge in [-0.05, 0) is 43.4 Å². The monoisotopic (exact) mass is 433 g/mol. The van der Waals surface area contributed by atoms with E-state index in [-0.39, 0.29) is 5.75 Å². The van der Waals surface area contributed by atoms with Gasteiger partial charge in [0, 0.05) is 56.0 Å². The quantitative estimate of drug-likeness (QED) is 0.636. The van der Waals surface area contributed by atoms with Crippen molar-refractivity contribution in [2.45, 2.75) is 6.54 Å². The van der Waals surface area contributed by atoms with Crippen molar-refractivity contribution in [1.29, 1.82) is 0 Å². The third-order valence-electron chi connectivity index (χ3n) is 5.86. The van der Waals surface area contributed by atoms with Gasteiger partial charge in [-0.1, -0.05) is 0 Å². The molecule has 9 heteroatoms. The van der Waals surface area contributed by atoms with Gasteiger partial charge in [0.05, 0.1) is 19.3 Å². The first-order valence-corrected chi connectivity index (χ1v) is 10.7. The molecule has 0 atom stereocenters. The molecule has 2 aliphatic heterocycles. The molecule has 5 rings (SSSR count). The summed E-state index contributed by atoms with van der Waals surface area (Å²) in [6.45, 7) is 4.64. The third kappa shape index (κ3) is 4.06. The largest absolute Gasteiger partial charge is 0.508 e. The Morgan fingerprint density at radius 3 is 2.53 bits per heavy atom. The Labute approximate surface area is 187 Å². The number of methoxy groups -OCH3 is 1. The fourth-order valence-electron chi connectivity index (χ4n) is 4.00. The first-order chi connectivity index (χ1) is 15.6. The maximum absolute atomic E-state index is 9.51. The Hall–Kier alpha value is -3.72. The normalized spacial score (nSPS) is 16.2. The maximum atomic E-state index is 9.51. The number of aromatic nitrogens is 3. The Balaban J connectivity index is 1.30. The van der Waals surface area contributed by atoms with Crippen molar-refractivity contribution < 1.29 is 9.84 Å². The predicted molar refractivity (Wildman–Crippen MR) is 126 cm³/mol. The van der Waals surface area contributed by atoms with E-state index in [0.717, 1.165) is 54.8 Å². The van der Waals surface area contributed by atoms with Crippen LogP contribution < -0.4 is 19.9 Å². The number of hydrogen-bond donors (Lipinski definition) is 2. The van der Waals surface area contributed by atoms with Crippen LogP contribution in [0.25, 0.3) is 6.20 Å². The summed E-state index contributed by atoms with van der Waals surface area (Å²) in [5.41, 5.74) is 2.96. The van der Waals surface area contributed by atoms with Crippen LogP contribution in [0.4, 0.5) is 23.0 Å². The summed E-state index contributed by atoms with van der Waals surface area (Å²) in [6.07, 6.45) is 3.83. The van der Waals surface area contributed by atoms with E-state index >= 15 is 0 Å². The maximum Gasteiger partial charge on any atom is 0.247 e. The molecule has 2 aromatic carbocycles. The number of piperazine rings is 1. The summed E-state index contributed by atoms with van der Waals surface area (Å²) in [4.78, 5) is 11.4. The van der Waals surface area contributed by atoms with Crippen LogP contribution in [0.2, 0.25) is 0 Å². The third-order valence-corrected chi connectivity index (χ3v) is 5.86.